The number of carbonyl (C=O) groups is 4. The molecule has 0 aromatic heterocycles. The second-order valence-electron chi connectivity index (χ2n) is 6.99. The summed E-state index contributed by atoms with van der Waals surface area (Å²) < 4.78 is 0. The average Bonchev–Trinajstić information content (AvgIpc) is 3.15. The second kappa shape index (κ2) is 10.4. The Balaban J connectivity index is 0.000000397. The molecule has 4 N–H and O–H groups in total. The molecule has 0 aliphatic carbocycles. The van der Waals surface area contributed by atoms with Crippen LogP contribution in [0.3, 0.4) is 0 Å². The Bertz CT molecular complexity index is 668. The Labute approximate surface area is 164 Å². The minimum Gasteiger partial charge on any atom is -0.368 e. The molecule has 2 fully saturated rings. The first kappa shape index (κ1) is 21.4. The van der Waals surface area contributed by atoms with Gasteiger partial charge in [0.15, 0.2) is 0 Å². The van der Waals surface area contributed by atoms with Crippen LogP contribution in [0, 0.1) is 0 Å². The predicted molar refractivity (Wildman–Crippen MR) is 104 cm³/mol. The summed E-state index contributed by atoms with van der Waals surface area (Å²) in [6, 6.07) is 10.0. The monoisotopic (exact) mass is 388 g/mol. The molecule has 2 aliphatic heterocycles. The van der Waals surface area contributed by atoms with E-state index in [1.54, 1.807) is 6.92 Å². The molecule has 3 unspecified atom stereocenters. The maximum Gasteiger partial charge on any atom is 0.245 e. The number of nitrogens with zero attached hydrogens (tertiary/aromatic N) is 1. The van der Waals surface area contributed by atoms with Gasteiger partial charge in [0.1, 0.15) is 18.1 Å². The van der Waals surface area contributed by atoms with Crippen molar-refractivity contribution in [2.45, 2.75) is 57.2 Å². The Morgan fingerprint density at radius 3 is 2.21 bits per heavy atom. The number of hydrogen-bond donors (Lipinski definition) is 3. The van der Waals surface area contributed by atoms with Crippen LogP contribution in [0.1, 0.15) is 39.0 Å². The number of amides is 4. The number of benzene rings is 1. The van der Waals surface area contributed by atoms with Crippen molar-refractivity contribution in [3.8, 4) is 0 Å². The zero-order valence-electron chi connectivity index (χ0n) is 16.1. The van der Waals surface area contributed by atoms with Gasteiger partial charge in [0.25, 0.3) is 0 Å². The maximum absolute atomic E-state index is 12.4. The lowest BCUT2D eigenvalue weighted by atomic mass is 10.0. The molecule has 0 radical (unpaired) electrons. The van der Waals surface area contributed by atoms with Gasteiger partial charge >= 0.3 is 0 Å². The van der Waals surface area contributed by atoms with Gasteiger partial charge in [-0.3, -0.25) is 19.2 Å². The fraction of sp³-hybridized carbons (Fsp3) is 0.500. The molecule has 3 rings (SSSR count). The van der Waals surface area contributed by atoms with E-state index in [1.807, 2.05) is 36.4 Å². The molecule has 28 heavy (non-hydrogen) atoms. The third-order valence-electron chi connectivity index (χ3n) is 4.82. The highest BCUT2D eigenvalue weighted by Crippen LogP contribution is 2.18. The summed E-state index contributed by atoms with van der Waals surface area (Å²) in [6.45, 7) is 2.04. The van der Waals surface area contributed by atoms with Crippen LogP contribution >= 0.6 is 0 Å². The van der Waals surface area contributed by atoms with Crippen molar-refractivity contribution in [1.82, 2.24) is 15.5 Å². The first-order chi connectivity index (χ1) is 13.4. The smallest absolute Gasteiger partial charge is 0.245 e. The number of rotatable bonds is 4. The van der Waals surface area contributed by atoms with E-state index in [-0.39, 0.29) is 17.7 Å². The second-order valence-corrected chi connectivity index (χ2v) is 6.99. The third-order valence-corrected chi connectivity index (χ3v) is 4.82. The van der Waals surface area contributed by atoms with Crippen LogP contribution in [0.15, 0.2) is 36.4 Å². The van der Waals surface area contributed by atoms with Gasteiger partial charge in [0.2, 0.25) is 23.6 Å². The molecule has 2 aliphatic rings. The fourth-order valence-electron chi connectivity index (χ4n) is 3.31. The summed E-state index contributed by atoms with van der Waals surface area (Å²) in [5.41, 5.74) is 5.34. The summed E-state index contributed by atoms with van der Waals surface area (Å²) in [5, 5.41) is 5.16. The van der Waals surface area contributed by atoms with Crippen LogP contribution < -0.4 is 16.4 Å². The van der Waals surface area contributed by atoms with Gasteiger partial charge in [0, 0.05) is 13.0 Å². The maximum atomic E-state index is 12.4. The SMILES string of the molecule is CC(NC(=O)C1CCC(=O)N1)C(=O)N1CCCCC1C(N)=O.c1ccccc1. The molecule has 0 spiro atoms. The number of hydrogen-bond acceptors (Lipinski definition) is 4. The van der Waals surface area contributed by atoms with Crippen LogP contribution in [0.25, 0.3) is 0 Å². The van der Waals surface area contributed by atoms with E-state index in [9.17, 15) is 19.2 Å². The molecule has 8 heteroatoms. The van der Waals surface area contributed by atoms with Crippen molar-refractivity contribution in [2.75, 3.05) is 6.54 Å². The number of likely N-dealkylation sites (tertiary alicyclic amines) is 1. The molecular weight excluding hydrogens is 360 g/mol. The van der Waals surface area contributed by atoms with Crippen LogP contribution in [0.5, 0.6) is 0 Å². The van der Waals surface area contributed by atoms with E-state index >= 15 is 0 Å². The number of nitrogens with two attached hydrogens (primary N) is 1. The number of piperidine rings is 1. The first-order valence-corrected chi connectivity index (χ1v) is 9.59. The lowest BCUT2D eigenvalue weighted by Crippen LogP contribution is -2.57. The van der Waals surface area contributed by atoms with Gasteiger partial charge in [0.05, 0.1) is 0 Å². The zero-order valence-corrected chi connectivity index (χ0v) is 16.1. The van der Waals surface area contributed by atoms with E-state index in [0.717, 1.165) is 12.8 Å². The minimum atomic E-state index is -0.759. The number of nitrogens with one attached hydrogen (secondary N) is 2. The molecule has 2 heterocycles. The van der Waals surface area contributed by atoms with Crippen molar-refractivity contribution in [2.24, 2.45) is 5.73 Å². The van der Waals surface area contributed by atoms with Gasteiger partial charge < -0.3 is 21.3 Å². The highest BCUT2D eigenvalue weighted by molar-refractivity contribution is 5.95. The summed E-state index contributed by atoms with van der Waals surface area (Å²) in [4.78, 5) is 48.5. The van der Waals surface area contributed by atoms with Gasteiger partial charge in [-0.05, 0) is 32.6 Å². The minimum absolute atomic E-state index is 0.163. The lowest BCUT2D eigenvalue weighted by molar-refractivity contribution is -0.143. The van der Waals surface area contributed by atoms with Crippen molar-refractivity contribution in [1.29, 1.82) is 0 Å². The largest absolute Gasteiger partial charge is 0.368 e. The Morgan fingerprint density at radius 1 is 1.11 bits per heavy atom. The van der Waals surface area contributed by atoms with Crippen molar-refractivity contribution in [3.63, 3.8) is 0 Å². The molecular formula is C20H28N4O4. The molecule has 0 saturated carbocycles. The summed E-state index contributed by atoms with van der Waals surface area (Å²) in [7, 11) is 0. The normalized spacial score (nSPS) is 22.3. The quantitative estimate of drug-likeness (QED) is 0.688. The highest BCUT2D eigenvalue weighted by Gasteiger charge is 2.35. The molecule has 3 atom stereocenters. The van der Waals surface area contributed by atoms with Gasteiger partial charge in [-0.15, -0.1) is 0 Å². The van der Waals surface area contributed by atoms with Gasteiger partial charge in [-0.2, -0.15) is 0 Å². The summed E-state index contributed by atoms with van der Waals surface area (Å²) >= 11 is 0. The fourth-order valence-corrected chi connectivity index (χ4v) is 3.31. The molecule has 152 valence electrons. The van der Waals surface area contributed by atoms with Crippen molar-refractivity contribution >= 4 is 23.6 Å². The summed E-state index contributed by atoms with van der Waals surface area (Å²) in [6.07, 6.45) is 2.97. The van der Waals surface area contributed by atoms with Crippen LogP contribution in [-0.2, 0) is 19.2 Å². The lowest BCUT2D eigenvalue weighted by Gasteiger charge is -2.35. The number of carbonyl (C=O) groups excluding carboxylic acids is 4. The summed E-state index contributed by atoms with van der Waals surface area (Å²) in [5.74, 6) is -1.38. The standard InChI is InChI=1S/C14H22N4O4.C6H6/c1-8(16-13(21)9-5-6-11(19)17-9)14(22)18-7-3-2-4-10(18)12(15)20;1-2-4-6-5-3-1/h8-10H,2-7H2,1H3,(H2,15,20)(H,16,21)(H,17,19);1-6H. The van der Waals surface area contributed by atoms with E-state index < -0.39 is 24.0 Å². The van der Waals surface area contributed by atoms with Crippen LogP contribution in [-0.4, -0.2) is 53.2 Å². The van der Waals surface area contributed by atoms with Crippen LogP contribution in [0.4, 0.5) is 0 Å². The van der Waals surface area contributed by atoms with Gasteiger partial charge in [-0.25, -0.2) is 0 Å². The molecule has 0 bridgehead atoms. The zero-order chi connectivity index (χ0) is 20.5. The number of primary amides is 1. The van der Waals surface area contributed by atoms with Crippen molar-refractivity contribution < 1.29 is 19.2 Å². The Hall–Kier alpha value is -2.90. The Kier molecular flexibility index (Phi) is 7.98. The molecule has 1 aromatic carbocycles. The first-order valence-electron chi connectivity index (χ1n) is 9.59. The topological polar surface area (TPSA) is 122 Å². The van der Waals surface area contributed by atoms with E-state index in [0.29, 0.717) is 25.8 Å². The molecule has 1 aromatic rings. The molecule has 4 amide bonds. The van der Waals surface area contributed by atoms with Crippen molar-refractivity contribution in [3.05, 3.63) is 36.4 Å². The molecule has 8 nitrogen and oxygen atoms in total. The third kappa shape index (κ3) is 6.07. The molecule has 2 saturated heterocycles. The van der Waals surface area contributed by atoms with E-state index in [2.05, 4.69) is 10.6 Å². The van der Waals surface area contributed by atoms with Crippen LogP contribution in [0.2, 0.25) is 0 Å². The predicted octanol–water partition coefficient (Wildman–Crippen LogP) is 0.323. The Morgan fingerprint density at radius 2 is 1.71 bits per heavy atom. The van der Waals surface area contributed by atoms with E-state index in [4.69, 9.17) is 5.73 Å². The van der Waals surface area contributed by atoms with E-state index in [1.165, 1.54) is 4.90 Å². The average molecular weight is 388 g/mol. The highest BCUT2D eigenvalue weighted by atomic mass is 16.2. The van der Waals surface area contributed by atoms with Gasteiger partial charge in [-0.1, -0.05) is 36.4 Å².